The molecular formula is C30H28F2O3S. The Hall–Kier alpha value is -3.51. The summed E-state index contributed by atoms with van der Waals surface area (Å²) >= 11 is 1.52. The fraction of sp³-hybridized carbons (Fsp3) is 0.233. The van der Waals surface area contributed by atoms with Crippen LogP contribution in [0.3, 0.4) is 0 Å². The molecule has 0 aliphatic carbocycles. The smallest absolute Gasteiger partial charge is 0.328 e. The number of fused-ring (bicyclic) bond motifs is 1. The van der Waals surface area contributed by atoms with Gasteiger partial charge in [-0.1, -0.05) is 57.2 Å². The average Bonchev–Trinajstić information content (AvgIpc) is 3.25. The first-order valence-electron chi connectivity index (χ1n) is 11.6. The number of rotatable bonds is 7. The number of ether oxygens (including phenoxy) is 1. The molecule has 4 rings (SSSR count). The van der Waals surface area contributed by atoms with Crippen LogP contribution in [-0.2, 0) is 10.2 Å². The second-order valence-electron chi connectivity index (χ2n) is 9.75. The van der Waals surface area contributed by atoms with Crippen molar-refractivity contribution < 1.29 is 23.4 Å². The summed E-state index contributed by atoms with van der Waals surface area (Å²) in [4.78, 5) is 12.0. The molecule has 1 N–H and O–H groups in total. The summed E-state index contributed by atoms with van der Waals surface area (Å²) in [6.07, 6.45) is -1.41. The number of carbonyl (C=O) groups is 1. The fourth-order valence-corrected chi connectivity index (χ4v) is 5.09. The van der Waals surface area contributed by atoms with Gasteiger partial charge in [-0.3, -0.25) is 0 Å². The Morgan fingerprint density at radius 2 is 1.67 bits per heavy atom. The minimum absolute atomic E-state index is 0.183. The van der Waals surface area contributed by atoms with Crippen molar-refractivity contribution in [3.63, 3.8) is 0 Å². The summed E-state index contributed by atoms with van der Waals surface area (Å²) in [6.45, 7) is 7.42. The van der Waals surface area contributed by atoms with Crippen LogP contribution in [0.1, 0.15) is 38.1 Å². The zero-order chi connectivity index (χ0) is 26.0. The van der Waals surface area contributed by atoms with Gasteiger partial charge < -0.3 is 9.84 Å². The number of carboxylic acid groups (broad SMARTS) is 1. The Morgan fingerprint density at radius 3 is 2.28 bits per heavy atom. The van der Waals surface area contributed by atoms with Crippen LogP contribution in [0.2, 0.25) is 0 Å². The van der Waals surface area contributed by atoms with Gasteiger partial charge in [-0.25, -0.2) is 13.6 Å². The van der Waals surface area contributed by atoms with Crippen molar-refractivity contribution in [1.82, 2.24) is 0 Å². The van der Waals surface area contributed by atoms with Crippen LogP contribution >= 0.6 is 11.3 Å². The van der Waals surface area contributed by atoms with Gasteiger partial charge in [0.15, 0.2) is 0 Å². The lowest BCUT2D eigenvalue weighted by molar-refractivity contribution is -0.131. The van der Waals surface area contributed by atoms with Crippen LogP contribution < -0.4 is 4.74 Å². The van der Waals surface area contributed by atoms with E-state index in [1.54, 1.807) is 6.92 Å². The quantitative estimate of drug-likeness (QED) is 0.255. The molecule has 3 aromatic carbocycles. The molecule has 0 spiro atoms. The van der Waals surface area contributed by atoms with Gasteiger partial charge in [0.2, 0.25) is 0 Å². The molecule has 0 saturated carbocycles. The van der Waals surface area contributed by atoms with Crippen LogP contribution in [0.25, 0.3) is 37.9 Å². The fourth-order valence-electron chi connectivity index (χ4n) is 4.07. The molecular weight excluding hydrogens is 478 g/mol. The van der Waals surface area contributed by atoms with E-state index < -0.39 is 19.0 Å². The molecule has 0 saturated heterocycles. The monoisotopic (exact) mass is 506 g/mol. The lowest BCUT2D eigenvalue weighted by Crippen LogP contribution is -2.13. The third kappa shape index (κ3) is 5.65. The van der Waals surface area contributed by atoms with E-state index in [1.165, 1.54) is 17.4 Å². The number of alkyl halides is 2. The maximum atomic E-state index is 13.3. The molecule has 0 radical (unpaired) electrons. The Kier molecular flexibility index (Phi) is 7.27. The SMILES string of the molecule is CC(=CC(=O)O)c1cc2cc(-c3cc(C(C)(C)C)cc(-c4ccccc4)c3OCC(F)F)ccc2s1. The van der Waals surface area contributed by atoms with Crippen molar-refractivity contribution in [1.29, 1.82) is 0 Å². The molecule has 0 unspecified atom stereocenters. The third-order valence-corrected chi connectivity index (χ3v) is 7.20. The summed E-state index contributed by atoms with van der Waals surface area (Å²) in [6, 6.07) is 21.6. The zero-order valence-corrected chi connectivity index (χ0v) is 21.5. The highest BCUT2D eigenvalue weighted by atomic mass is 32.1. The van der Waals surface area contributed by atoms with Gasteiger partial charge in [0.1, 0.15) is 12.4 Å². The number of hydrogen-bond donors (Lipinski definition) is 1. The Balaban J connectivity index is 1.94. The van der Waals surface area contributed by atoms with Gasteiger partial charge in [-0.2, -0.15) is 0 Å². The highest BCUT2D eigenvalue weighted by molar-refractivity contribution is 7.20. The summed E-state index contributed by atoms with van der Waals surface area (Å²) in [5, 5.41) is 10.1. The number of benzene rings is 3. The van der Waals surface area contributed by atoms with E-state index in [2.05, 4.69) is 20.8 Å². The second kappa shape index (κ2) is 10.2. The normalized spacial score (nSPS) is 12.4. The summed E-state index contributed by atoms with van der Waals surface area (Å²) in [5.74, 6) is -0.565. The molecule has 1 heterocycles. The number of thiophene rings is 1. The highest BCUT2D eigenvalue weighted by Gasteiger charge is 2.23. The molecule has 0 aliphatic rings. The van der Waals surface area contributed by atoms with Crippen LogP contribution in [0.15, 0.2) is 72.8 Å². The van der Waals surface area contributed by atoms with Crippen molar-refractivity contribution in [2.24, 2.45) is 0 Å². The first-order valence-corrected chi connectivity index (χ1v) is 12.4. The van der Waals surface area contributed by atoms with Gasteiger partial charge in [0.05, 0.1) is 0 Å². The highest BCUT2D eigenvalue weighted by Crippen LogP contribution is 2.44. The van der Waals surface area contributed by atoms with Gasteiger partial charge in [0.25, 0.3) is 6.43 Å². The van der Waals surface area contributed by atoms with E-state index in [0.29, 0.717) is 11.3 Å². The minimum Gasteiger partial charge on any atom is -0.486 e. The van der Waals surface area contributed by atoms with E-state index >= 15 is 0 Å². The topological polar surface area (TPSA) is 46.5 Å². The Bertz CT molecular complexity index is 1430. The zero-order valence-electron chi connectivity index (χ0n) is 20.6. The summed E-state index contributed by atoms with van der Waals surface area (Å²) < 4.78 is 33.3. The van der Waals surface area contributed by atoms with Gasteiger partial charge >= 0.3 is 5.97 Å². The molecule has 3 nitrogen and oxygen atoms in total. The van der Waals surface area contributed by atoms with Crippen molar-refractivity contribution >= 4 is 33.0 Å². The Labute approximate surface area is 213 Å². The number of halogens is 2. The summed E-state index contributed by atoms with van der Waals surface area (Å²) in [7, 11) is 0. The molecule has 186 valence electrons. The van der Waals surface area contributed by atoms with Gasteiger partial charge in [0, 0.05) is 26.8 Å². The molecule has 6 heteroatoms. The van der Waals surface area contributed by atoms with Crippen LogP contribution in [-0.4, -0.2) is 24.1 Å². The lowest BCUT2D eigenvalue weighted by atomic mass is 9.82. The molecule has 36 heavy (non-hydrogen) atoms. The predicted octanol–water partition coefficient (Wildman–Crippen LogP) is 8.66. The molecule has 0 aliphatic heterocycles. The third-order valence-electron chi connectivity index (χ3n) is 5.95. The van der Waals surface area contributed by atoms with Crippen molar-refractivity contribution in [2.45, 2.75) is 39.5 Å². The van der Waals surface area contributed by atoms with Crippen molar-refractivity contribution in [3.05, 3.63) is 83.2 Å². The van der Waals surface area contributed by atoms with Gasteiger partial charge in [-0.15, -0.1) is 11.3 Å². The first kappa shape index (κ1) is 25.6. The summed E-state index contributed by atoms with van der Waals surface area (Å²) in [5.41, 5.74) is 4.80. The van der Waals surface area contributed by atoms with Crippen LogP contribution in [0.4, 0.5) is 8.78 Å². The average molecular weight is 507 g/mol. The van der Waals surface area contributed by atoms with Crippen molar-refractivity contribution in [2.75, 3.05) is 6.61 Å². The maximum Gasteiger partial charge on any atom is 0.328 e. The molecule has 4 aromatic rings. The predicted molar refractivity (Wildman–Crippen MR) is 144 cm³/mol. The minimum atomic E-state index is -2.60. The van der Waals surface area contributed by atoms with E-state index in [-0.39, 0.29) is 5.41 Å². The van der Waals surface area contributed by atoms with Crippen LogP contribution in [0.5, 0.6) is 5.75 Å². The number of carboxylic acids is 1. The van der Waals surface area contributed by atoms with E-state index in [4.69, 9.17) is 9.84 Å². The second-order valence-corrected chi connectivity index (χ2v) is 10.8. The largest absolute Gasteiger partial charge is 0.486 e. The van der Waals surface area contributed by atoms with E-state index in [1.807, 2.05) is 66.7 Å². The molecule has 0 fully saturated rings. The van der Waals surface area contributed by atoms with Gasteiger partial charge in [-0.05, 0) is 70.3 Å². The van der Waals surface area contributed by atoms with E-state index in [0.717, 1.165) is 42.8 Å². The standard InChI is InChI=1S/C30H28F2O3S/c1-18(12-28(33)34)26-14-21-13-20(10-11-25(21)36-26)24-16-22(30(2,3)4)15-23(19-8-6-5-7-9-19)29(24)35-17-27(31)32/h5-16,27H,17H2,1-4H3,(H,33,34). The maximum absolute atomic E-state index is 13.3. The first-order chi connectivity index (χ1) is 17.0. The number of hydrogen-bond acceptors (Lipinski definition) is 3. The van der Waals surface area contributed by atoms with E-state index in [9.17, 15) is 13.6 Å². The number of allylic oxidation sites excluding steroid dienone is 1. The number of aliphatic carboxylic acids is 1. The van der Waals surface area contributed by atoms with Crippen molar-refractivity contribution in [3.8, 4) is 28.0 Å². The lowest BCUT2D eigenvalue weighted by Gasteiger charge is -2.24. The molecule has 0 amide bonds. The van der Waals surface area contributed by atoms with Crippen LogP contribution in [0, 0.1) is 0 Å². The molecule has 1 aromatic heterocycles. The molecule has 0 bridgehead atoms. The molecule has 0 atom stereocenters. The Morgan fingerprint density at radius 1 is 1.00 bits per heavy atom.